The van der Waals surface area contributed by atoms with Crippen LogP contribution >= 0.6 is 15.9 Å². The highest BCUT2D eigenvalue weighted by Gasteiger charge is 2.06. The minimum Gasteiger partial charge on any atom is -0.335 e. The number of nitrogens with one attached hydrogen (secondary N) is 1. The Morgan fingerprint density at radius 1 is 1.47 bits per heavy atom. The Kier molecular flexibility index (Phi) is 5.77. The number of carbonyl (C=O) groups excluding carboxylic acids is 1. The molecule has 0 fully saturated rings. The van der Waals surface area contributed by atoms with Crippen LogP contribution in [0, 0.1) is 0 Å². The van der Waals surface area contributed by atoms with E-state index in [2.05, 4.69) is 40.0 Å². The smallest absolute Gasteiger partial charge is 0.317 e. The number of hydrogen-bond donors (Lipinski definition) is 1. The van der Waals surface area contributed by atoms with E-state index in [9.17, 15) is 4.79 Å². The molecule has 17 heavy (non-hydrogen) atoms. The highest BCUT2D eigenvalue weighted by molar-refractivity contribution is 9.10. The molecule has 0 heterocycles. The van der Waals surface area contributed by atoms with E-state index in [-0.39, 0.29) is 6.03 Å². The number of rotatable bonds is 5. The van der Waals surface area contributed by atoms with Gasteiger partial charge in [-0.15, -0.1) is 6.58 Å². The Balaban J connectivity index is 2.37. The SMILES string of the molecule is C=CCNC(=O)N(C)CCc1ccc(Br)cc1. The van der Waals surface area contributed by atoms with Gasteiger partial charge in [-0.1, -0.05) is 34.1 Å². The first-order valence-corrected chi connectivity index (χ1v) is 6.27. The third kappa shape index (κ3) is 5.04. The number of halogens is 1. The Bertz CT molecular complexity index is 376. The standard InChI is InChI=1S/C13H17BrN2O/c1-3-9-15-13(17)16(2)10-8-11-4-6-12(14)7-5-11/h3-7H,1,8-10H2,2H3,(H,15,17). The van der Waals surface area contributed by atoms with Crippen molar-refractivity contribution in [1.29, 1.82) is 0 Å². The van der Waals surface area contributed by atoms with E-state index in [1.54, 1.807) is 18.0 Å². The molecule has 0 unspecified atom stereocenters. The van der Waals surface area contributed by atoms with E-state index < -0.39 is 0 Å². The zero-order valence-corrected chi connectivity index (χ0v) is 11.5. The molecule has 0 bridgehead atoms. The van der Waals surface area contributed by atoms with Crippen molar-refractivity contribution in [3.05, 3.63) is 47.0 Å². The topological polar surface area (TPSA) is 32.3 Å². The number of urea groups is 1. The summed E-state index contributed by atoms with van der Waals surface area (Å²) >= 11 is 3.39. The molecule has 3 nitrogen and oxygen atoms in total. The maximum Gasteiger partial charge on any atom is 0.317 e. The van der Waals surface area contributed by atoms with Gasteiger partial charge in [0.2, 0.25) is 0 Å². The molecule has 2 amide bonds. The quantitative estimate of drug-likeness (QED) is 0.833. The summed E-state index contributed by atoms with van der Waals surface area (Å²) < 4.78 is 1.07. The van der Waals surface area contributed by atoms with E-state index in [4.69, 9.17) is 0 Å². The molecular formula is C13H17BrN2O. The van der Waals surface area contributed by atoms with Crippen LogP contribution in [-0.4, -0.2) is 31.1 Å². The summed E-state index contributed by atoms with van der Waals surface area (Å²) in [6.07, 6.45) is 2.52. The van der Waals surface area contributed by atoms with Crippen LogP contribution in [0.25, 0.3) is 0 Å². The van der Waals surface area contributed by atoms with Crippen molar-refractivity contribution in [1.82, 2.24) is 10.2 Å². The summed E-state index contributed by atoms with van der Waals surface area (Å²) in [6.45, 7) is 4.76. The van der Waals surface area contributed by atoms with Gasteiger partial charge in [0.05, 0.1) is 0 Å². The molecule has 0 saturated carbocycles. The molecule has 0 aliphatic rings. The Labute approximate surface area is 111 Å². The van der Waals surface area contributed by atoms with Crippen LogP contribution in [0.4, 0.5) is 4.79 Å². The van der Waals surface area contributed by atoms with Crippen LogP contribution in [0.3, 0.4) is 0 Å². The first kappa shape index (κ1) is 13.8. The Hall–Kier alpha value is -1.29. The lowest BCUT2D eigenvalue weighted by atomic mass is 10.1. The van der Waals surface area contributed by atoms with Crippen molar-refractivity contribution in [2.45, 2.75) is 6.42 Å². The zero-order chi connectivity index (χ0) is 12.7. The molecule has 0 aromatic heterocycles. The fourth-order valence-electron chi connectivity index (χ4n) is 1.34. The van der Waals surface area contributed by atoms with Gasteiger partial charge in [-0.25, -0.2) is 4.79 Å². The summed E-state index contributed by atoms with van der Waals surface area (Å²) in [5.74, 6) is 0. The highest BCUT2D eigenvalue weighted by Crippen LogP contribution is 2.11. The second kappa shape index (κ2) is 7.12. The number of nitrogens with zero attached hydrogens (tertiary/aromatic N) is 1. The molecule has 0 spiro atoms. The van der Waals surface area contributed by atoms with Gasteiger partial charge in [-0.05, 0) is 24.1 Å². The summed E-state index contributed by atoms with van der Waals surface area (Å²) in [5, 5.41) is 2.74. The van der Waals surface area contributed by atoms with Gasteiger partial charge < -0.3 is 10.2 Å². The molecule has 0 aliphatic heterocycles. The number of benzene rings is 1. The van der Waals surface area contributed by atoms with Crippen LogP contribution in [-0.2, 0) is 6.42 Å². The Morgan fingerprint density at radius 3 is 2.71 bits per heavy atom. The van der Waals surface area contributed by atoms with Gasteiger partial charge in [0.1, 0.15) is 0 Å². The lowest BCUT2D eigenvalue weighted by Crippen LogP contribution is -2.38. The van der Waals surface area contributed by atoms with Crippen LogP contribution in [0.2, 0.25) is 0 Å². The maximum atomic E-state index is 11.5. The zero-order valence-electron chi connectivity index (χ0n) is 9.95. The van der Waals surface area contributed by atoms with Crippen LogP contribution < -0.4 is 5.32 Å². The number of likely N-dealkylation sites (N-methyl/N-ethyl adjacent to an activating group) is 1. The lowest BCUT2D eigenvalue weighted by molar-refractivity contribution is 0.210. The molecule has 0 radical (unpaired) electrons. The predicted molar refractivity (Wildman–Crippen MR) is 74.1 cm³/mol. The second-order valence-electron chi connectivity index (χ2n) is 3.77. The van der Waals surface area contributed by atoms with Gasteiger partial charge in [0.25, 0.3) is 0 Å². The van der Waals surface area contributed by atoms with Crippen molar-refractivity contribution < 1.29 is 4.79 Å². The Morgan fingerprint density at radius 2 is 2.12 bits per heavy atom. The van der Waals surface area contributed by atoms with E-state index >= 15 is 0 Å². The third-order valence-corrected chi connectivity index (χ3v) is 2.92. The average molecular weight is 297 g/mol. The first-order chi connectivity index (χ1) is 8.13. The summed E-state index contributed by atoms with van der Waals surface area (Å²) in [6, 6.07) is 8.06. The van der Waals surface area contributed by atoms with Crippen molar-refractivity contribution in [3.8, 4) is 0 Å². The van der Waals surface area contributed by atoms with E-state index in [0.29, 0.717) is 13.1 Å². The van der Waals surface area contributed by atoms with Crippen molar-refractivity contribution in [2.75, 3.05) is 20.1 Å². The summed E-state index contributed by atoms with van der Waals surface area (Å²) in [5.41, 5.74) is 1.22. The van der Waals surface area contributed by atoms with E-state index in [1.165, 1.54) is 5.56 Å². The fourth-order valence-corrected chi connectivity index (χ4v) is 1.61. The van der Waals surface area contributed by atoms with Crippen LogP contribution in [0.15, 0.2) is 41.4 Å². The molecular weight excluding hydrogens is 280 g/mol. The molecule has 1 rings (SSSR count). The van der Waals surface area contributed by atoms with Crippen LogP contribution in [0.1, 0.15) is 5.56 Å². The molecule has 0 aliphatic carbocycles. The van der Waals surface area contributed by atoms with Gasteiger partial charge in [-0.2, -0.15) is 0 Å². The fraction of sp³-hybridized carbons (Fsp3) is 0.308. The van der Waals surface area contributed by atoms with Gasteiger partial charge in [0, 0.05) is 24.6 Å². The van der Waals surface area contributed by atoms with Gasteiger partial charge >= 0.3 is 6.03 Å². The van der Waals surface area contributed by atoms with Crippen molar-refractivity contribution in [3.63, 3.8) is 0 Å². The van der Waals surface area contributed by atoms with Crippen molar-refractivity contribution in [2.24, 2.45) is 0 Å². The molecule has 1 aromatic carbocycles. The molecule has 92 valence electrons. The molecule has 1 aromatic rings. The van der Waals surface area contributed by atoms with E-state index in [1.807, 2.05) is 12.1 Å². The average Bonchev–Trinajstić information content (AvgIpc) is 2.34. The number of hydrogen-bond acceptors (Lipinski definition) is 1. The molecule has 4 heteroatoms. The lowest BCUT2D eigenvalue weighted by Gasteiger charge is -2.17. The normalized spacial score (nSPS) is 9.76. The van der Waals surface area contributed by atoms with Gasteiger partial charge in [0.15, 0.2) is 0 Å². The largest absolute Gasteiger partial charge is 0.335 e. The monoisotopic (exact) mass is 296 g/mol. The van der Waals surface area contributed by atoms with Crippen molar-refractivity contribution >= 4 is 22.0 Å². The number of amides is 2. The minimum absolute atomic E-state index is 0.0676. The highest BCUT2D eigenvalue weighted by atomic mass is 79.9. The summed E-state index contributed by atoms with van der Waals surface area (Å²) in [4.78, 5) is 13.2. The molecule has 0 atom stereocenters. The van der Waals surface area contributed by atoms with E-state index in [0.717, 1.165) is 10.9 Å². The molecule has 1 N–H and O–H groups in total. The first-order valence-electron chi connectivity index (χ1n) is 5.48. The maximum absolute atomic E-state index is 11.5. The predicted octanol–water partition coefficient (Wildman–Crippen LogP) is 2.82. The molecule has 0 saturated heterocycles. The van der Waals surface area contributed by atoms with Crippen LogP contribution in [0.5, 0.6) is 0 Å². The second-order valence-corrected chi connectivity index (χ2v) is 4.69. The minimum atomic E-state index is -0.0676. The third-order valence-electron chi connectivity index (χ3n) is 2.39. The summed E-state index contributed by atoms with van der Waals surface area (Å²) in [7, 11) is 1.79. The number of carbonyl (C=O) groups is 1. The van der Waals surface area contributed by atoms with Gasteiger partial charge in [-0.3, -0.25) is 0 Å².